The highest BCUT2D eigenvalue weighted by Crippen LogP contribution is 2.31. The molecule has 1 amide bonds. The van der Waals surface area contributed by atoms with Crippen molar-refractivity contribution >= 4 is 42.4 Å². The molecule has 0 aliphatic carbocycles. The number of thiazole rings is 1. The molecule has 1 saturated heterocycles. The number of hydrogen-bond donors (Lipinski definition) is 0. The van der Waals surface area contributed by atoms with Crippen LogP contribution in [0.5, 0.6) is 0 Å². The molecule has 0 unspecified atom stereocenters. The van der Waals surface area contributed by atoms with Crippen molar-refractivity contribution < 1.29 is 17.9 Å². The van der Waals surface area contributed by atoms with Crippen molar-refractivity contribution in [2.24, 2.45) is 0 Å². The average Bonchev–Trinajstić information content (AvgIpc) is 3.27. The molecule has 0 radical (unpaired) electrons. The number of aromatic nitrogens is 1. The number of fused-ring (bicyclic) bond motifs is 1. The number of nitrogens with zero attached hydrogens (tertiary/aromatic N) is 3. The number of para-hydroxylation sites is 1. The Balaban J connectivity index is 1.49. The summed E-state index contributed by atoms with van der Waals surface area (Å²) in [5, 5.41) is 0.628. The lowest BCUT2D eigenvalue weighted by Gasteiger charge is -2.27. The Bertz CT molecular complexity index is 1190. The number of amides is 1. The second kappa shape index (κ2) is 10.7. The molecule has 1 aliphatic rings. The first-order valence-corrected chi connectivity index (χ1v) is 13.7. The standard InChI is InChI=1S/C24H29N3O4S2/c1-19-7-5-10-21-23(19)25-24(32-21)27(13-6-12-26-14-16-31-17-15-26)22(28)11-18-33(29,30)20-8-3-2-4-9-20/h2-5,7-10H,6,11-18H2,1H3. The fourth-order valence-electron chi connectivity index (χ4n) is 3.90. The Hall–Kier alpha value is -2.33. The zero-order valence-electron chi connectivity index (χ0n) is 18.8. The van der Waals surface area contributed by atoms with Crippen molar-refractivity contribution in [1.29, 1.82) is 0 Å². The summed E-state index contributed by atoms with van der Waals surface area (Å²) in [5.74, 6) is -0.437. The average molecular weight is 488 g/mol. The fourth-order valence-corrected chi connectivity index (χ4v) is 6.23. The Kier molecular flexibility index (Phi) is 7.75. The van der Waals surface area contributed by atoms with Crippen molar-refractivity contribution in [3.05, 3.63) is 54.1 Å². The molecule has 0 atom stereocenters. The molecule has 2 aromatic carbocycles. The van der Waals surface area contributed by atoms with Crippen LogP contribution in [0.4, 0.5) is 5.13 Å². The van der Waals surface area contributed by atoms with Gasteiger partial charge in [-0.1, -0.05) is 41.7 Å². The number of ether oxygens (including phenoxy) is 1. The van der Waals surface area contributed by atoms with E-state index in [9.17, 15) is 13.2 Å². The van der Waals surface area contributed by atoms with Gasteiger partial charge in [-0.15, -0.1) is 0 Å². The van der Waals surface area contributed by atoms with Gasteiger partial charge in [0.05, 0.1) is 34.1 Å². The Morgan fingerprint density at radius 1 is 1.12 bits per heavy atom. The molecule has 0 N–H and O–H groups in total. The first-order valence-electron chi connectivity index (χ1n) is 11.2. The number of anilines is 1. The number of hydrogen-bond acceptors (Lipinski definition) is 7. The topological polar surface area (TPSA) is 79.8 Å². The van der Waals surface area contributed by atoms with Crippen molar-refractivity contribution in [2.75, 3.05) is 50.0 Å². The van der Waals surface area contributed by atoms with E-state index in [4.69, 9.17) is 9.72 Å². The second-order valence-electron chi connectivity index (χ2n) is 8.15. The van der Waals surface area contributed by atoms with Crippen LogP contribution < -0.4 is 4.90 Å². The summed E-state index contributed by atoms with van der Waals surface area (Å²) >= 11 is 1.47. The summed E-state index contributed by atoms with van der Waals surface area (Å²) in [4.78, 5) is 22.2. The van der Waals surface area contributed by atoms with Crippen molar-refractivity contribution in [3.8, 4) is 0 Å². The number of benzene rings is 2. The third kappa shape index (κ3) is 5.97. The number of aryl methyl sites for hydroxylation is 1. The molecule has 4 rings (SSSR count). The second-order valence-corrected chi connectivity index (χ2v) is 11.3. The molecule has 3 aromatic rings. The highest BCUT2D eigenvalue weighted by molar-refractivity contribution is 7.91. The molecule has 2 heterocycles. The minimum atomic E-state index is -3.53. The van der Waals surface area contributed by atoms with Gasteiger partial charge in [-0.25, -0.2) is 13.4 Å². The van der Waals surface area contributed by atoms with Crippen LogP contribution >= 0.6 is 11.3 Å². The third-order valence-electron chi connectivity index (χ3n) is 5.79. The normalized spacial score (nSPS) is 15.1. The van der Waals surface area contributed by atoms with Gasteiger partial charge < -0.3 is 4.74 Å². The molecular formula is C24H29N3O4S2. The van der Waals surface area contributed by atoms with Crippen molar-refractivity contribution in [3.63, 3.8) is 0 Å². The molecule has 0 spiro atoms. The smallest absolute Gasteiger partial charge is 0.229 e. The number of carbonyl (C=O) groups excluding carboxylic acids is 1. The van der Waals surface area contributed by atoms with Crippen LogP contribution in [0.2, 0.25) is 0 Å². The summed E-state index contributed by atoms with van der Waals surface area (Å²) in [6, 6.07) is 14.3. The molecule has 1 aliphatic heterocycles. The highest BCUT2D eigenvalue weighted by atomic mass is 32.2. The van der Waals surface area contributed by atoms with Gasteiger partial charge >= 0.3 is 0 Å². The van der Waals surface area contributed by atoms with Crippen LogP contribution in [0.3, 0.4) is 0 Å². The van der Waals surface area contributed by atoms with Crippen molar-refractivity contribution in [2.45, 2.75) is 24.7 Å². The van der Waals surface area contributed by atoms with Crippen LogP contribution in [0.15, 0.2) is 53.4 Å². The Morgan fingerprint density at radius 3 is 2.61 bits per heavy atom. The van der Waals surface area contributed by atoms with Gasteiger partial charge in [0.25, 0.3) is 0 Å². The molecule has 0 bridgehead atoms. The number of sulfone groups is 1. The summed E-state index contributed by atoms with van der Waals surface area (Å²) in [6.07, 6.45) is 0.704. The van der Waals surface area contributed by atoms with E-state index in [-0.39, 0.29) is 23.0 Å². The van der Waals surface area contributed by atoms with Gasteiger partial charge in [-0.3, -0.25) is 14.6 Å². The van der Waals surface area contributed by atoms with Gasteiger partial charge in [0, 0.05) is 32.6 Å². The molecule has 0 saturated carbocycles. The SMILES string of the molecule is Cc1cccc2sc(N(CCCN3CCOCC3)C(=O)CCS(=O)(=O)c3ccccc3)nc12. The lowest BCUT2D eigenvalue weighted by Crippen LogP contribution is -2.39. The van der Waals surface area contributed by atoms with Crippen LogP contribution in [0.1, 0.15) is 18.4 Å². The lowest BCUT2D eigenvalue weighted by molar-refractivity contribution is -0.118. The summed E-state index contributed by atoms with van der Waals surface area (Å²) < 4.78 is 31.8. The number of carbonyl (C=O) groups is 1. The van der Waals surface area contributed by atoms with E-state index in [2.05, 4.69) is 4.90 Å². The molecule has 1 aromatic heterocycles. The zero-order chi connectivity index (χ0) is 23.3. The van der Waals surface area contributed by atoms with Crippen LogP contribution in [0, 0.1) is 6.92 Å². The largest absolute Gasteiger partial charge is 0.379 e. The van der Waals surface area contributed by atoms with Gasteiger partial charge in [-0.2, -0.15) is 0 Å². The fraction of sp³-hybridized carbons (Fsp3) is 0.417. The van der Waals surface area contributed by atoms with Crippen LogP contribution in [-0.4, -0.2) is 69.4 Å². The van der Waals surface area contributed by atoms with Crippen molar-refractivity contribution in [1.82, 2.24) is 9.88 Å². The predicted octanol–water partition coefficient (Wildman–Crippen LogP) is 3.52. The predicted molar refractivity (Wildman–Crippen MR) is 132 cm³/mol. The molecule has 33 heavy (non-hydrogen) atoms. The van der Waals surface area contributed by atoms with E-state index in [1.54, 1.807) is 35.2 Å². The Labute approximate surface area is 198 Å². The third-order valence-corrected chi connectivity index (χ3v) is 8.56. The number of rotatable bonds is 9. The molecular weight excluding hydrogens is 458 g/mol. The van der Waals surface area contributed by atoms with E-state index in [1.165, 1.54) is 11.3 Å². The molecule has 9 heteroatoms. The van der Waals surface area contributed by atoms with Gasteiger partial charge in [0.1, 0.15) is 0 Å². The highest BCUT2D eigenvalue weighted by Gasteiger charge is 2.23. The first-order chi connectivity index (χ1) is 15.9. The van der Waals surface area contributed by atoms with E-state index >= 15 is 0 Å². The maximum absolute atomic E-state index is 13.3. The minimum absolute atomic E-state index is 0.0797. The van der Waals surface area contributed by atoms with Gasteiger partial charge in [0.15, 0.2) is 15.0 Å². The quantitative estimate of drug-likeness (QED) is 0.459. The number of morpholine rings is 1. The zero-order valence-corrected chi connectivity index (χ0v) is 20.4. The summed E-state index contributed by atoms with van der Waals surface area (Å²) in [5.41, 5.74) is 1.95. The molecule has 176 valence electrons. The van der Waals surface area contributed by atoms with Gasteiger partial charge in [0.2, 0.25) is 5.91 Å². The van der Waals surface area contributed by atoms with Crippen LogP contribution in [0.25, 0.3) is 10.2 Å². The van der Waals surface area contributed by atoms with E-state index < -0.39 is 9.84 Å². The maximum atomic E-state index is 13.3. The van der Waals surface area contributed by atoms with E-state index in [0.717, 1.165) is 55.0 Å². The molecule has 1 fully saturated rings. The van der Waals surface area contributed by atoms with Crippen LogP contribution in [-0.2, 0) is 19.4 Å². The summed E-state index contributed by atoms with van der Waals surface area (Å²) in [6.45, 7) is 6.62. The maximum Gasteiger partial charge on any atom is 0.229 e. The lowest BCUT2D eigenvalue weighted by atomic mass is 10.2. The Morgan fingerprint density at radius 2 is 1.88 bits per heavy atom. The summed E-state index contributed by atoms with van der Waals surface area (Å²) in [7, 11) is -3.53. The monoisotopic (exact) mass is 487 g/mol. The van der Waals surface area contributed by atoms with Gasteiger partial charge in [-0.05, 0) is 37.1 Å². The van der Waals surface area contributed by atoms with E-state index in [1.807, 2.05) is 25.1 Å². The first kappa shape index (κ1) is 23.8. The minimum Gasteiger partial charge on any atom is -0.379 e. The molecule has 7 nitrogen and oxygen atoms in total. The van der Waals surface area contributed by atoms with E-state index in [0.29, 0.717) is 11.7 Å².